The molecule has 0 aliphatic carbocycles. The van der Waals surface area contributed by atoms with Crippen LogP contribution in [-0.4, -0.2) is 45.1 Å². The van der Waals surface area contributed by atoms with Gasteiger partial charge in [-0.1, -0.05) is 44.5 Å². The van der Waals surface area contributed by atoms with Gasteiger partial charge in [0.25, 0.3) is 0 Å². The van der Waals surface area contributed by atoms with Gasteiger partial charge in [-0.2, -0.15) is 5.10 Å². The third-order valence-electron chi connectivity index (χ3n) is 6.38. The maximum absolute atomic E-state index is 13.4. The molecular weight excluding hydrogens is 463 g/mol. The Labute approximate surface area is 212 Å². The van der Waals surface area contributed by atoms with Crippen molar-refractivity contribution in [2.75, 3.05) is 19.6 Å². The van der Waals surface area contributed by atoms with E-state index in [1.165, 1.54) is 23.4 Å². The molecule has 0 spiro atoms. The highest BCUT2D eigenvalue weighted by Gasteiger charge is 2.27. The van der Waals surface area contributed by atoms with Gasteiger partial charge >= 0.3 is 0 Å². The third kappa shape index (κ3) is 6.30. The van der Waals surface area contributed by atoms with E-state index in [0.717, 1.165) is 49.4 Å². The second-order valence-electron chi connectivity index (χ2n) is 9.76. The molecule has 0 saturated carbocycles. The van der Waals surface area contributed by atoms with E-state index in [1.54, 1.807) is 12.1 Å². The molecule has 2 heterocycles. The third-order valence-corrected chi connectivity index (χ3v) is 6.63. The highest BCUT2D eigenvalue weighted by atomic mass is 35.5. The number of aromatic nitrogens is 2. The molecule has 0 atom stereocenters. The van der Waals surface area contributed by atoms with Crippen LogP contribution in [-0.2, 0) is 30.7 Å². The zero-order valence-electron chi connectivity index (χ0n) is 20.8. The van der Waals surface area contributed by atoms with E-state index in [9.17, 15) is 9.18 Å². The first-order valence-corrected chi connectivity index (χ1v) is 12.8. The molecule has 0 fully saturated rings. The van der Waals surface area contributed by atoms with Crippen LogP contribution >= 0.6 is 11.6 Å². The van der Waals surface area contributed by atoms with Crippen molar-refractivity contribution in [2.24, 2.45) is 5.92 Å². The summed E-state index contributed by atoms with van der Waals surface area (Å²) in [5, 5.41) is 5.73. The first-order chi connectivity index (χ1) is 16.8. The molecule has 4 rings (SSSR count). The maximum Gasteiger partial charge on any atom is 0.227 e. The Morgan fingerprint density at radius 2 is 1.86 bits per heavy atom. The Morgan fingerprint density at radius 1 is 1.14 bits per heavy atom. The van der Waals surface area contributed by atoms with E-state index in [1.807, 2.05) is 33.8 Å². The average Bonchev–Trinajstić information content (AvgIpc) is 3.18. The molecule has 1 aliphatic heterocycles. The summed E-state index contributed by atoms with van der Waals surface area (Å²) >= 11 is 6.13. The molecule has 0 N–H and O–H groups in total. The Morgan fingerprint density at radius 3 is 2.51 bits per heavy atom. The van der Waals surface area contributed by atoms with E-state index in [-0.39, 0.29) is 18.1 Å². The van der Waals surface area contributed by atoms with Crippen molar-refractivity contribution in [3.63, 3.8) is 0 Å². The molecule has 1 aliphatic rings. The summed E-state index contributed by atoms with van der Waals surface area (Å²) in [5.74, 6) is 0.0514. The van der Waals surface area contributed by atoms with Gasteiger partial charge in [0.1, 0.15) is 5.82 Å². The number of hydrogen-bond donors (Lipinski definition) is 0. The van der Waals surface area contributed by atoms with Gasteiger partial charge < -0.3 is 4.90 Å². The van der Waals surface area contributed by atoms with Crippen molar-refractivity contribution < 1.29 is 9.18 Å². The molecule has 1 amide bonds. The number of nitrogens with zero attached hydrogens (tertiary/aromatic N) is 4. The van der Waals surface area contributed by atoms with Gasteiger partial charge in [0.05, 0.1) is 30.0 Å². The number of rotatable bonds is 9. The number of halogens is 2. The number of carbonyl (C=O) groups is 1. The molecule has 1 aromatic heterocycles. The van der Waals surface area contributed by atoms with Gasteiger partial charge in [-0.05, 0) is 60.8 Å². The van der Waals surface area contributed by atoms with Crippen molar-refractivity contribution in [3.8, 4) is 5.69 Å². The van der Waals surface area contributed by atoms with Gasteiger partial charge in [0.2, 0.25) is 5.91 Å². The lowest BCUT2D eigenvalue weighted by atomic mass is 10.0. The number of carbonyl (C=O) groups excluding carboxylic acids is 1. The summed E-state index contributed by atoms with van der Waals surface area (Å²) in [5.41, 5.74) is 5.18. The van der Waals surface area contributed by atoms with Crippen LogP contribution in [0, 0.1) is 11.7 Å². The minimum Gasteiger partial charge on any atom is -0.336 e. The maximum atomic E-state index is 13.4. The lowest BCUT2D eigenvalue weighted by Gasteiger charge is -2.28. The SMILES string of the molecule is CCCN1CCc2c(c(CN(CC(C)C)C(=O)Cc3ccc(F)cc3)nn2-c2ccc(Cl)cc2)C1. The van der Waals surface area contributed by atoms with Crippen molar-refractivity contribution in [1.29, 1.82) is 0 Å². The Kier molecular flexibility index (Phi) is 8.24. The summed E-state index contributed by atoms with van der Waals surface area (Å²) in [6, 6.07) is 13.9. The van der Waals surface area contributed by atoms with E-state index in [2.05, 4.69) is 25.7 Å². The zero-order chi connectivity index (χ0) is 24.9. The summed E-state index contributed by atoms with van der Waals surface area (Å²) < 4.78 is 15.4. The molecule has 0 radical (unpaired) electrons. The summed E-state index contributed by atoms with van der Waals surface area (Å²) in [6.45, 7) is 10.4. The summed E-state index contributed by atoms with van der Waals surface area (Å²) in [4.78, 5) is 17.7. The zero-order valence-corrected chi connectivity index (χ0v) is 21.6. The molecule has 7 heteroatoms. The molecule has 2 aromatic carbocycles. The number of amides is 1. The minimum absolute atomic E-state index is 0.0290. The molecular formula is C28H34ClFN4O. The summed E-state index contributed by atoms with van der Waals surface area (Å²) in [7, 11) is 0. The normalized spacial score (nSPS) is 13.8. The number of fused-ring (bicyclic) bond motifs is 1. The first kappa shape index (κ1) is 25.4. The van der Waals surface area contributed by atoms with Gasteiger partial charge in [-0.15, -0.1) is 0 Å². The Bertz CT molecular complexity index is 1140. The van der Waals surface area contributed by atoms with Gasteiger partial charge in [0, 0.05) is 36.6 Å². The lowest BCUT2D eigenvalue weighted by Crippen LogP contribution is -2.36. The topological polar surface area (TPSA) is 41.4 Å². The van der Waals surface area contributed by atoms with Crippen molar-refractivity contribution in [1.82, 2.24) is 19.6 Å². The first-order valence-electron chi connectivity index (χ1n) is 12.4. The van der Waals surface area contributed by atoms with Crippen LogP contribution in [0.2, 0.25) is 5.02 Å². The van der Waals surface area contributed by atoms with E-state index in [0.29, 0.717) is 24.0 Å². The second kappa shape index (κ2) is 11.4. The van der Waals surface area contributed by atoms with Crippen molar-refractivity contribution >= 4 is 17.5 Å². The number of hydrogen-bond acceptors (Lipinski definition) is 3. The fourth-order valence-electron chi connectivity index (χ4n) is 4.74. The smallest absolute Gasteiger partial charge is 0.227 e. The van der Waals surface area contributed by atoms with Crippen LogP contribution in [0.15, 0.2) is 48.5 Å². The van der Waals surface area contributed by atoms with Crippen LogP contribution < -0.4 is 0 Å². The predicted molar refractivity (Wildman–Crippen MR) is 138 cm³/mol. The van der Waals surface area contributed by atoms with E-state index < -0.39 is 0 Å². The monoisotopic (exact) mass is 496 g/mol. The molecule has 0 unspecified atom stereocenters. The van der Waals surface area contributed by atoms with E-state index in [4.69, 9.17) is 16.7 Å². The van der Waals surface area contributed by atoms with Crippen molar-refractivity contribution in [3.05, 3.63) is 81.9 Å². The molecule has 0 saturated heterocycles. The fourth-order valence-corrected chi connectivity index (χ4v) is 4.86. The highest BCUT2D eigenvalue weighted by Crippen LogP contribution is 2.27. The second-order valence-corrected chi connectivity index (χ2v) is 10.2. The average molecular weight is 497 g/mol. The number of benzene rings is 2. The van der Waals surface area contributed by atoms with E-state index >= 15 is 0 Å². The van der Waals surface area contributed by atoms with Crippen molar-refractivity contribution in [2.45, 2.75) is 53.1 Å². The Balaban J connectivity index is 1.65. The van der Waals surface area contributed by atoms with Gasteiger partial charge in [-0.3, -0.25) is 9.69 Å². The van der Waals surface area contributed by atoms with Gasteiger partial charge in [0.15, 0.2) is 0 Å². The molecule has 0 bridgehead atoms. The van der Waals surface area contributed by atoms with Crippen LogP contribution in [0.4, 0.5) is 4.39 Å². The van der Waals surface area contributed by atoms with Crippen LogP contribution in [0.5, 0.6) is 0 Å². The summed E-state index contributed by atoms with van der Waals surface area (Å²) in [6.07, 6.45) is 2.26. The highest BCUT2D eigenvalue weighted by molar-refractivity contribution is 6.30. The largest absolute Gasteiger partial charge is 0.336 e. The van der Waals surface area contributed by atoms with Crippen LogP contribution in [0.1, 0.15) is 49.7 Å². The van der Waals surface area contributed by atoms with Crippen LogP contribution in [0.3, 0.4) is 0 Å². The lowest BCUT2D eigenvalue weighted by molar-refractivity contribution is -0.131. The molecule has 5 nitrogen and oxygen atoms in total. The molecule has 3 aromatic rings. The Hall–Kier alpha value is -2.70. The standard InChI is InChI=1S/C28H34ClFN4O/c1-4-14-32-15-13-27-25(18-32)26(31-34(27)24-11-7-22(29)8-12-24)19-33(17-20(2)3)28(35)16-21-5-9-23(30)10-6-21/h5-12,20H,4,13-19H2,1-3H3. The quantitative estimate of drug-likeness (QED) is 0.384. The minimum atomic E-state index is -0.295. The van der Waals surface area contributed by atoms with Gasteiger partial charge in [-0.25, -0.2) is 9.07 Å². The van der Waals surface area contributed by atoms with Crippen LogP contribution in [0.25, 0.3) is 5.69 Å². The molecule has 186 valence electrons. The fraction of sp³-hybridized carbons (Fsp3) is 0.429. The predicted octanol–water partition coefficient (Wildman–Crippen LogP) is 5.66. The molecule has 35 heavy (non-hydrogen) atoms.